The van der Waals surface area contributed by atoms with E-state index in [2.05, 4.69) is 10.3 Å². The van der Waals surface area contributed by atoms with Crippen molar-refractivity contribution in [3.05, 3.63) is 89.2 Å². The molecule has 1 aromatic heterocycles. The van der Waals surface area contributed by atoms with Crippen LogP contribution in [0.25, 0.3) is 0 Å². The van der Waals surface area contributed by atoms with Gasteiger partial charge < -0.3 is 10.1 Å². The van der Waals surface area contributed by atoms with Crippen molar-refractivity contribution in [1.82, 2.24) is 10.3 Å². The molecular formula is C24H23N3O3. The lowest BCUT2D eigenvalue weighted by Gasteiger charge is -2.25. The molecule has 0 radical (unpaired) electrons. The molecule has 152 valence electrons. The van der Waals surface area contributed by atoms with Gasteiger partial charge in [-0.25, -0.2) is 0 Å². The lowest BCUT2D eigenvalue weighted by Crippen LogP contribution is -2.33. The molecule has 3 aromatic rings. The topological polar surface area (TPSA) is 71.5 Å². The summed E-state index contributed by atoms with van der Waals surface area (Å²) in [6.45, 7) is 2.33. The maximum absolute atomic E-state index is 13.1. The minimum absolute atomic E-state index is 0.124. The van der Waals surface area contributed by atoms with Gasteiger partial charge in [0.25, 0.3) is 5.91 Å². The number of rotatable bonds is 6. The van der Waals surface area contributed by atoms with Gasteiger partial charge in [-0.1, -0.05) is 30.3 Å². The minimum atomic E-state index is -0.451. The van der Waals surface area contributed by atoms with Gasteiger partial charge in [-0.3, -0.25) is 19.5 Å². The van der Waals surface area contributed by atoms with E-state index in [1.165, 1.54) is 0 Å². The molecule has 6 heteroatoms. The molecule has 0 saturated carbocycles. The third-order valence-corrected chi connectivity index (χ3v) is 5.24. The first kappa shape index (κ1) is 19.6. The van der Waals surface area contributed by atoms with Crippen LogP contribution in [0.2, 0.25) is 0 Å². The van der Waals surface area contributed by atoms with E-state index >= 15 is 0 Å². The molecule has 0 aliphatic carbocycles. The van der Waals surface area contributed by atoms with Crippen LogP contribution in [0.1, 0.15) is 39.6 Å². The van der Waals surface area contributed by atoms with E-state index < -0.39 is 6.04 Å². The number of carbonyl (C=O) groups excluding carboxylic acids is 2. The number of fused-ring (bicyclic) bond motifs is 1. The first-order valence-corrected chi connectivity index (χ1v) is 9.82. The van der Waals surface area contributed by atoms with Crippen molar-refractivity contribution in [2.75, 3.05) is 12.0 Å². The Kier molecular flexibility index (Phi) is 5.48. The monoisotopic (exact) mass is 401 g/mol. The summed E-state index contributed by atoms with van der Waals surface area (Å²) in [7, 11) is 1.60. The van der Waals surface area contributed by atoms with E-state index in [1.54, 1.807) is 30.3 Å². The lowest BCUT2D eigenvalue weighted by molar-refractivity contribution is -0.121. The maximum Gasteiger partial charge on any atom is 0.260 e. The number of aromatic nitrogens is 1. The smallest absolute Gasteiger partial charge is 0.260 e. The zero-order chi connectivity index (χ0) is 21.1. The fourth-order valence-electron chi connectivity index (χ4n) is 3.81. The van der Waals surface area contributed by atoms with Gasteiger partial charge in [-0.15, -0.1) is 0 Å². The van der Waals surface area contributed by atoms with Crippen molar-refractivity contribution in [3.63, 3.8) is 0 Å². The number of anilines is 1. The number of benzene rings is 2. The van der Waals surface area contributed by atoms with Crippen LogP contribution in [0, 0.1) is 6.92 Å². The summed E-state index contributed by atoms with van der Waals surface area (Å²) >= 11 is 0. The van der Waals surface area contributed by atoms with Crippen LogP contribution < -0.4 is 15.0 Å². The molecule has 1 aliphatic heterocycles. The standard InChI is InChI=1S/C24H23N3O3/c1-16-7-5-9-18(13-16)27-20(23-19(24(27)29)10-6-12-25-23)14-22(28)26-15-17-8-3-4-11-21(17)30-2/h3-13,20H,14-15H2,1-2H3,(H,26,28)/t20-/m0/s1. The molecule has 1 atom stereocenters. The van der Waals surface area contributed by atoms with Gasteiger partial charge in [0, 0.05) is 24.0 Å². The van der Waals surface area contributed by atoms with Crippen LogP contribution >= 0.6 is 0 Å². The van der Waals surface area contributed by atoms with E-state index in [-0.39, 0.29) is 18.2 Å². The average Bonchev–Trinajstić information content (AvgIpc) is 3.04. The Bertz CT molecular complexity index is 1100. The number of carbonyl (C=O) groups is 2. The predicted molar refractivity (Wildman–Crippen MR) is 114 cm³/mol. The summed E-state index contributed by atoms with van der Waals surface area (Å²) in [6, 6.07) is 18.3. The Morgan fingerprint density at radius 1 is 1.13 bits per heavy atom. The molecule has 2 aromatic carbocycles. The Morgan fingerprint density at radius 2 is 1.97 bits per heavy atom. The first-order chi connectivity index (χ1) is 14.6. The van der Waals surface area contributed by atoms with Gasteiger partial charge in [-0.05, 0) is 42.8 Å². The Balaban J connectivity index is 1.57. The van der Waals surface area contributed by atoms with E-state index in [9.17, 15) is 9.59 Å². The van der Waals surface area contributed by atoms with E-state index in [1.807, 2.05) is 55.5 Å². The number of nitrogens with one attached hydrogen (secondary N) is 1. The van der Waals surface area contributed by atoms with Crippen LogP contribution in [-0.2, 0) is 11.3 Å². The molecule has 2 heterocycles. The number of amides is 2. The van der Waals surface area contributed by atoms with E-state index in [0.29, 0.717) is 17.8 Å². The highest BCUT2D eigenvalue weighted by molar-refractivity contribution is 6.11. The molecule has 0 saturated heterocycles. The summed E-state index contributed by atoms with van der Waals surface area (Å²) < 4.78 is 5.34. The number of aryl methyl sites for hydroxylation is 1. The molecule has 6 nitrogen and oxygen atoms in total. The van der Waals surface area contributed by atoms with E-state index in [4.69, 9.17) is 4.74 Å². The molecule has 2 amide bonds. The van der Waals surface area contributed by atoms with Gasteiger partial charge >= 0.3 is 0 Å². The van der Waals surface area contributed by atoms with Crippen molar-refractivity contribution < 1.29 is 14.3 Å². The number of hydrogen-bond acceptors (Lipinski definition) is 4. The summed E-state index contributed by atoms with van der Waals surface area (Å²) in [4.78, 5) is 32.0. The highest BCUT2D eigenvalue weighted by Gasteiger charge is 2.39. The fraction of sp³-hybridized carbons (Fsp3) is 0.208. The van der Waals surface area contributed by atoms with Crippen molar-refractivity contribution in [1.29, 1.82) is 0 Å². The van der Waals surface area contributed by atoms with Gasteiger partial charge in [0.2, 0.25) is 5.91 Å². The number of hydrogen-bond donors (Lipinski definition) is 1. The molecule has 0 bridgehead atoms. The Hall–Kier alpha value is -3.67. The van der Waals surface area contributed by atoms with Crippen molar-refractivity contribution in [3.8, 4) is 5.75 Å². The van der Waals surface area contributed by atoms with E-state index in [0.717, 1.165) is 22.6 Å². The van der Waals surface area contributed by atoms with Gasteiger partial charge in [-0.2, -0.15) is 0 Å². The van der Waals surface area contributed by atoms with Gasteiger partial charge in [0.15, 0.2) is 0 Å². The number of pyridine rings is 1. The largest absolute Gasteiger partial charge is 0.496 e. The second kappa shape index (κ2) is 8.37. The number of nitrogens with zero attached hydrogens (tertiary/aromatic N) is 2. The van der Waals surface area contributed by atoms with Gasteiger partial charge in [0.05, 0.1) is 30.8 Å². The second-order valence-electron chi connectivity index (χ2n) is 7.26. The van der Waals surface area contributed by atoms with Crippen molar-refractivity contribution in [2.24, 2.45) is 0 Å². The van der Waals surface area contributed by atoms with Crippen LogP contribution in [-0.4, -0.2) is 23.9 Å². The number of methoxy groups -OCH3 is 1. The van der Waals surface area contributed by atoms with Crippen molar-refractivity contribution in [2.45, 2.75) is 25.9 Å². The molecule has 0 fully saturated rings. The third-order valence-electron chi connectivity index (χ3n) is 5.24. The molecule has 1 aliphatic rings. The number of ether oxygens (including phenoxy) is 1. The lowest BCUT2D eigenvalue weighted by atomic mass is 10.1. The quantitative estimate of drug-likeness (QED) is 0.682. The summed E-state index contributed by atoms with van der Waals surface area (Å²) in [6.07, 6.45) is 1.78. The van der Waals surface area contributed by atoms with Crippen LogP contribution in [0.4, 0.5) is 5.69 Å². The zero-order valence-electron chi connectivity index (χ0n) is 17.0. The van der Waals surface area contributed by atoms with Crippen LogP contribution in [0.15, 0.2) is 66.9 Å². The fourth-order valence-corrected chi connectivity index (χ4v) is 3.81. The van der Waals surface area contributed by atoms with Crippen LogP contribution in [0.3, 0.4) is 0 Å². The SMILES string of the molecule is COc1ccccc1CNC(=O)C[C@H]1c2ncccc2C(=O)N1c1cccc(C)c1. The molecule has 4 rings (SSSR count). The van der Waals surface area contributed by atoms with Gasteiger partial charge in [0.1, 0.15) is 5.75 Å². The Labute approximate surface area is 175 Å². The molecule has 0 unspecified atom stereocenters. The average molecular weight is 401 g/mol. The minimum Gasteiger partial charge on any atom is -0.496 e. The Morgan fingerprint density at radius 3 is 2.77 bits per heavy atom. The van der Waals surface area contributed by atoms with Crippen molar-refractivity contribution >= 4 is 17.5 Å². The number of para-hydroxylation sites is 1. The highest BCUT2D eigenvalue weighted by Crippen LogP contribution is 2.38. The maximum atomic E-state index is 13.1. The van der Waals surface area contributed by atoms with Crippen LogP contribution in [0.5, 0.6) is 5.75 Å². The summed E-state index contributed by atoms with van der Waals surface area (Å²) in [5.74, 6) is 0.434. The first-order valence-electron chi connectivity index (χ1n) is 9.82. The second-order valence-corrected chi connectivity index (χ2v) is 7.26. The summed E-state index contributed by atoms with van der Waals surface area (Å²) in [5, 5.41) is 2.94. The zero-order valence-corrected chi connectivity index (χ0v) is 17.0. The highest BCUT2D eigenvalue weighted by atomic mass is 16.5. The molecule has 1 N–H and O–H groups in total. The molecular weight excluding hydrogens is 378 g/mol. The molecule has 30 heavy (non-hydrogen) atoms. The third kappa shape index (κ3) is 3.76. The summed E-state index contributed by atoms with van der Waals surface area (Å²) in [5.41, 5.74) is 3.88. The molecule has 0 spiro atoms. The normalized spacial score (nSPS) is 15.1. The predicted octanol–water partition coefficient (Wildman–Crippen LogP) is 3.81.